The van der Waals surface area contributed by atoms with E-state index in [0.29, 0.717) is 6.54 Å². The smallest absolute Gasteiger partial charge is 0.410 e. The highest BCUT2D eigenvalue weighted by atomic mass is 79.9. The van der Waals surface area contributed by atoms with Gasteiger partial charge in [0.05, 0.1) is 0 Å². The van der Waals surface area contributed by atoms with Crippen LogP contribution in [-0.4, -0.2) is 23.1 Å². The molecule has 1 heterocycles. The first-order chi connectivity index (χ1) is 9.31. The zero-order valence-corrected chi connectivity index (χ0v) is 14.2. The molecule has 3 nitrogen and oxygen atoms in total. The van der Waals surface area contributed by atoms with Crippen molar-refractivity contribution in [1.82, 2.24) is 4.90 Å². The third kappa shape index (κ3) is 3.35. The largest absolute Gasteiger partial charge is 0.444 e. The highest BCUT2D eigenvalue weighted by Crippen LogP contribution is 2.28. The average molecular weight is 340 g/mol. The van der Waals surface area contributed by atoms with E-state index in [4.69, 9.17) is 4.74 Å². The summed E-state index contributed by atoms with van der Waals surface area (Å²) in [7, 11) is 0. The molecular weight excluding hydrogens is 318 g/mol. The van der Waals surface area contributed by atoms with E-state index in [-0.39, 0.29) is 6.09 Å². The molecule has 0 aliphatic carbocycles. The lowest BCUT2D eigenvalue weighted by Gasteiger charge is -2.32. The average Bonchev–Trinajstić information content (AvgIpc) is 2.37. The number of hydrogen-bond donors (Lipinski definition) is 0. The van der Waals surface area contributed by atoms with Gasteiger partial charge in [0.25, 0.3) is 0 Å². The Hall–Kier alpha value is -1.03. The topological polar surface area (TPSA) is 29.5 Å². The van der Waals surface area contributed by atoms with Crippen LogP contribution in [0, 0.1) is 6.92 Å². The molecule has 0 radical (unpaired) electrons. The maximum absolute atomic E-state index is 12.2. The van der Waals surface area contributed by atoms with E-state index >= 15 is 0 Å². The molecule has 1 aromatic carbocycles. The highest BCUT2D eigenvalue weighted by Gasteiger charge is 2.27. The van der Waals surface area contributed by atoms with E-state index in [9.17, 15) is 4.79 Å². The molecule has 0 saturated heterocycles. The maximum atomic E-state index is 12.2. The molecule has 20 heavy (non-hydrogen) atoms. The van der Waals surface area contributed by atoms with Crippen molar-refractivity contribution >= 4 is 22.0 Å². The van der Waals surface area contributed by atoms with Crippen LogP contribution in [0.4, 0.5) is 4.79 Å². The Morgan fingerprint density at radius 3 is 2.65 bits per heavy atom. The lowest BCUT2D eigenvalue weighted by Crippen LogP contribution is -2.40. The van der Waals surface area contributed by atoms with E-state index < -0.39 is 5.60 Å². The van der Waals surface area contributed by atoms with Crippen molar-refractivity contribution < 1.29 is 9.53 Å². The van der Waals surface area contributed by atoms with Gasteiger partial charge in [-0.15, -0.1) is 0 Å². The standard InChI is InChI=1S/C16H22BrNO2/c1-11-5-6-12(9-17)14-10-18(8-7-13(11)14)15(19)20-16(2,3)4/h5-6H,7-10H2,1-4H3. The first-order valence-corrected chi connectivity index (χ1v) is 8.08. The summed E-state index contributed by atoms with van der Waals surface area (Å²) in [5.74, 6) is 0. The molecule has 0 unspecified atom stereocenters. The Labute approximate surface area is 129 Å². The zero-order chi connectivity index (χ0) is 14.9. The molecule has 0 bridgehead atoms. The quantitative estimate of drug-likeness (QED) is 0.718. The van der Waals surface area contributed by atoms with Crippen molar-refractivity contribution in [2.75, 3.05) is 6.54 Å². The maximum Gasteiger partial charge on any atom is 0.410 e. The number of halogens is 1. The van der Waals surface area contributed by atoms with Gasteiger partial charge in [0.2, 0.25) is 0 Å². The Bertz CT molecular complexity index is 520. The Morgan fingerprint density at radius 1 is 1.35 bits per heavy atom. The number of alkyl halides is 1. The van der Waals surface area contributed by atoms with Crippen molar-refractivity contribution in [1.29, 1.82) is 0 Å². The summed E-state index contributed by atoms with van der Waals surface area (Å²) in [5, 5.41) is 0.817. The highest BCUT2D eigenvalue weighted by molar-refractivity contribution is 9.08. The van der Waals surface area contributed by atoms with Crippen LogP contribution in [0.1, 0.15) is 43.0 Å². The summed E-state index contributed by atoms with van der Waals surface area (Å²) >= 11 is 3.53. The van der Waals surface area contributed by atoms with Crippen LogP contribution in [0.25, 0.3) is 0 Å². The predicted molar refractivity (Wildman–Crippen MR) is 84.2 cm³/mol. The molecule has 0 spiro atoms. The molecule has 1 amide bonds. The SMILES string of the molecule is Cc1ccc(CBr)c2c1CCN(C(=O)OC(C)(C)C)C2. The van der Waals surface area contributed by atoms with Gasteiger partial charge >= 0.3 is 6.09 Å². The molecule has 0 atom stereocenters. The van der Waals surface area contributed by atoms with E-state index in [1.54, 1.807) is 4.90 Å². The van der Waals surface area contributed by atoms with Gasteiger partial charge < -0.3 is 9.64 Å². The normalized spacial score (nSPS) is 14.9. The van der Waals surface area contributed by atoms with E-state index in [2.05, 4.69) is 35.0 Å². The minimum Gasteiger partial charge on any atom is -0.444 e. The molecule has 0 saturated carbocycles. The summed E-state index contributed by atoms with van der Waals surface area (Å²) in [4.78, 5) is 14.0. The van der Waals surface area contributed by atoms with Crippen LogP contribution >= 0.6 is 15.9 Å². The van der Waals surface area contributed by atoms with Crippen molar-refractivity contribution in [3.63, 3.8) is 0 Å². The number of nitrogens with zero attached hydrogens (tertiary/aromatic N) is 1. The number of hydrogen-bond acceptors (Lipinski definition) is 2. The van der Waals surface area contributed by atoms with E-state index in [0.717, 1.165) is 18.3 Å². The van der Waals surface area contributed by atoms with Crippen molar-refractivity contribution in [2.45, 2.75) is 51.6 Å². The van der Waals surface area contributed by atoms with Crippen molar-refractivity contribution in [3.8, 4) is 0 Å². The summed E-state index contributed by atoms with van der Waals surface area (Å²) in [5.41, 5.74) is 4.80. The van der Waals surface area contributed by atoms with Crippen LogP contribution < -0.4 is 0 Å². The lowest BCUT2D eigenvalue weighted by atomic mass is 9.92. The number of fused-ring (bicyclic) bond motifs is 1. The van der Waals surface area contributed by atoms with Crippen LogP contribution in [0.2, 0.25) is 0 Å². The van der Waals surface area contributed by atoms with Gasteiger partial charge in [-0.05, 0) is 56.4 Å². The van der Waals surface area contributed by atoms with Gasteiger partial charge in [0.15, 0.2) is 0 Å². The Balaban J connectivity index is 2.22. The Morgan fingerprint density at radius 2 is 2.05 bits per heavy atom. The van der Waals surface area contributed by atoms with Crippen LogP contribution in [0.5, 0.6) is 0 Å². The number of rotatable bonds is 1. The van der Waals surface area contributed by atoms with Gasteiger partial charge in [-0.3, -0.25) is 0 Å². The van der Waals surface area contributed by atoms with E-state index in [1.165, 1.54) is 22.3 Å². The van der Waals surface area contributed by atoms with E-state index in [1.807, 2.05) is 20.8 Å². The third-order valence-electron chi connectivity index (χ3n) is 3.54. The number of benzene rings is 1. The number of amides is 1. The lowest BCUT2D eigenvalue weighted by molar-refractivity contribution is 0.0223. The fourth-order valence-electron chi connectivity index (χ4n) is 2.53. The fraction of sp³-hybridized carbons (Fsp3) is 0.562. The van der Waals surface area contributed by atoms with Gasteiger partial charge in [-0.2, -0.15) is 0 Å². The second-order valence-corrected chi connectivity index (χ2v) is 6.84. The first kappa shape index (κ1) is 15.4. The van der Waals surface area contributed by atoms with Gasteiger partial charge in [-0.1, -0.05) is 28.1 Å². The van der Waals surface area contributed by atoms with Crippen molar-refractivity contribution in [3.05, 3.63) is 34.4 Å². The van der Waals surface area contributed by atoms with Crippen molar-refractivity contribution in [2.24, 2.45) is 0 Å². The molecule has 1 aliphatic rings. The second-order valence-electron chi connectivity index (χ2n) is 6.28. The van der Waals surface area contributed by atoms with Gasteiger partial charge in [-0.25, -0.2) is 4.79 Å². The minimum absolute atomic E-state index is 0.217. The molecule has 1 aromatic rings. The molecule has 0 fully saturated rings. The van der Waals surface area contributed by atoms with Gasteiger partial charge in [0, 0.05) is 18.4 Å². The second kappa shape index (κ2) is 5.76. The number of aryl methyl sites for hydroxylation is 1. The fourth-order valence-corrected chi connectivity index (χ4v) is 3.05. The molecule has 4 heteroatoms. The summed E-state index contributed by atoms with van der Waals surface area (Å²) in [6.07, 6.45) is 0.687. The van der Waals surface area contributed by atoms with Gasteiger partial charge in [0.1, 0.15) is 5.60 Å². The van der Waals surface area contributed by atoms with Crippen LogP contribution in [0.15, 0.2) is 12.1 Å². The molecule has 0 aromatic heterocycles. The summed E-state index contributed by atoms with van der Waals surface area (Å²) in [6.45, 7) is 9.21. The summed E-state index contributed by atoms with van der Waals surface area (Å²) < 4.78 is 5.47. The molecule has 1 aliphatic heterocycles. The molecular formula is C16H22BrNO2. The zero-order valence-electron chi connectivity index (χ0n) is 12.6. The molecule has 0 N–H and O–H groups in total. The monoisotopic (exact) mass is 339 g/mol. The Kier molecular flexibility index (Phi) is 4.43. The number of carbonyl (C=O) groups excluding carboxylic acids is 1. The first-order valence-electron chi connectivity index (χ1n) is 6.96. The minimum atomic E-state index is -0.442. The third-order valence-corrected chi connectivity index (χ3v) is 4.14. The van der Waals surface area contributed by atoms with Crippen LogP contribution in [-0.2, 0) is 23.0 Å². The predicted octanol–water partition coefficient (Wildman–Crippen LogP) is 4.18. The van der Waals surface area contributed by atoms with Crippen LogP contribution in [0.3, 0.4) is 0 Å². The molecule has 110 valence electrons. The summed E-state index contributed by atoms with van der Waals surface area (Å²) in [6, 6.07) is 4.31. The number of ether oxygens (including phenoxy) is 1. The number of carbonyl (C=O) groups is 1. The molecule has 2 rings (SSSR count).